The Bertz CT molecular complexity index is 293. The van der Waals surface area contributed by atoms with Gasteiger partial charge in [0.1, 0.15) is 0 Å². The fourth-order valence-corrected chi connectivity index (χ4v) is 5.66. The zero-order valence-corrected chi connectivity index (χ0v) is 16.2. The molecule has 0 fully saturated rings. The van der Waals surface area contributed by atoms with E-state index in [1.54, 1.807) is 7.15 Å². The van der Waals surface area contributed by atoms with Crippen molar-refractivity contribution < 1.29 is 0 Å². The van der Waals surface area contributed by atoms with Gasteiger partial charge < -0.3 is 0 Å². The molecule has 0 aliphatic carbocycles. The van der Waals surface area contributed by atoms with Crippen molar-refractivity contribution in [2.45, 2.75) is 77.6 Å². The van der Waals surface area contributed by atoms with E-state index in [2.05, 4.69) is 39.7 Å². The van der Waals surface area contributed by atoms with Gasteiger partial charge in [-0.1, -0.05) is 13.3 Å². The average molecular weight is 474 g/mol. The van der Waals surface area contributed by atoms with Gasteiger partial charge in [-0.25, -0.2) is 0 Å². The normalized spacial score (nSPS) is 11.0. The molecule has 0 atom stereocenters. The van der Waals surface area contributed by atoms with Crippen molar-refractivity contribution in [2.24, 2.45) is 0 Å². The van der Waals surface area contributed by atoms with Crippen LogP contribution in [0.2, 0.25) is 0 Å². The molecule has 0 saturated heterocycles. The Labute approximate surface area is 137 Å². The van der Waals surface area contributed by atoms with Gasteiger partial charge in [0.05, 0.1) is 0 Å². The van der Waals surface area contributed by atoms with Crippen molar-refractivity contribution in [1.82, 2.24) is 0 Å². The molecule has 0 aliphatic heterocycles. The van der Waals surface area contributed by atoms with Crippen LogP contribution in [0, 0.1) is 1.59 Å². The Balaban J connectivity index is 1.83. The van der Waals surface area contributed by atoms with Gasteiger partial charge in [-0.3, -0.25) is 0 Å². The molecule has 0 bridgehead atoms. The van der Waals surface area contributed by atoms with Crippen LogP contribution in [0.3, 0.4) is 0 Å². The van der Waals surface area contributed by atoms with Gasteiger partial charge in [-0.05, 0) is 0 Å². The standard InChI is InChI=1S/C16H27ITe/c1-2-3-4-5-6-7-8-9-10-11-12-15-13-14-18-16(15)17/h13-14H,2-12H2,1H3. The topological polar surface area (TPSA) is 0 Å². The van der Waals surface area contributed by atoms with Crippen molar-refractivity contribution in [3.63, 3.8) is 0 Å². The van der Waals surface area contributed by atoms with E-state index in [1.165, 1.54) is 70.6 Å². The number of aryl methyl sites for hydroxylation is 1. The molecule has 1 aromatic heterocycles. The van der Waals surface area contributed by atoms with Crippen molar-refractivity contribution in [3.8, 4) is 0 Å². The van der Waals surface area contributed by atoms with E-state index in [0.29, 0.717) is 0 Å². The summed E-state index contributed by atoms with van der Waals surface area (Å²) in [5.74, 6) is 0. The van der Waals surface area contributed by atoms with Crippen LogP contribution in [-0.2, 0) is 6.42 Å². The number of hydrogen-bond acceptors (Lipinski definition) is 0. The minimum atomic E-state index is 0.121. The second-order valence-electron chi connectivity index (χ2n) is 5.15. The number of rotatable bonds is 11. The predicted molar refractivity (Wildman–Crippen MR) is 91.6 cm³/mol. The first-order chi connectivity index (χ1) is 8.84. The zero-order chi connectivity index (χ0) is 13.1. The summed E-state index contributed by atoms with van der Waals surface area (Å²) in [6.45, 7) is 2.29. The summed E-state index contributed by atoms with van der Waals surface area (Å²) in [4.78, 5) is 0. The second-order valence-corrected chi connectivity index (χ2v) is 11.1. The van der Waals surface area contributed by atoms with Gasteiger partial charge >= 0.3 is 125 Å². The van der Waals surface area contributed by atoms with E-state index in [9.17, 15) is 0 Å². The first-order valence-electron chi connectivity index (χ1n) is 7.56. The van der Waals surface area contributed by atoms with Gasteiger partial charge in [0.2, 0.25) is 0 Å². The summed E-state index contributed by atoms with van der Waals surface area (Å²) in [6.07, 6.45) is 15.8. The molecular weight excluding hydrogens is 447 g/mol. The number of halogens is 1. The molecular formula is C16H27ITe. The fraction of sp³-hybridized carbons (Fsp3) is 0.750. The summed E-state index contributed by atoms with van der Waals surface area (Å²) in [6, 6.07) is 2.39. The van der Waals surface area contributed by atoms with E-state index in [0.717, 1.165) is 0 Å². The SMILES string of the molecule is CCCCCCCCCCCCc1cc[te]c1I. The van der Waals surface area contributed by atoms with E-state index < -0.39 is 0 Å². The number of hydrogen-bond donors (Lipinski definition) is 0. The fourth-order valence-electron chi connectivity index (χ4n) is 2.30. The van der Waals surface area contributed by atoms with E-state index >= 15 is 0 Å². The molecule has 0 aromatic carbocycles. The van der Waals surface area contributed by atoms with Crippen LogP contribution in [0.4, 0.5) is 0 Å². The Morgan fingerprint density at radius 3 is 1.94 bits per heavy atom. The van der Waals surface area contributed by atoms with E-state index in [4.69, 9.17) is 0 Å². The molecule has 1 heterocycles. The van der Waals surface area contributed by atoms with Gasteiger partial charge in [-0.15, -0.1) is 0 Å². The first kappa shape index (κ1) is 17.1. The van der Waals surface area contributed by atoms with Crippen molar-refractivity contribution in [1.29, 1.82) is 0 Å². The monoisotopic (exact) mass is 476 g/mol. The molecule has 0 amide bonds. The summed E-state index contributed by atoms with van der Waals surface area (Å²) in [5.41, 5.74) is 1.66. The van der Waals surface area contributed by atoms with Crippen LogP contribution < -0.4 is 0 Å². The Morgan fingerprint density at radius 2 is 1.44 bits per heavy atom. The summed E-state index contributed by atoms with van der Waals surface area (Å²) in [5, 5.41) is 0. The number of unbranched alkanes of at least 4 members (excludes halogenated alkanes) is 9. The predicted octanol–water partition coefficient (Wildman–Crippen LogP) is 5.81. The third kappa shape index (κ3) is 8.23. The molecule has 104 valence electrons. The molecule has 0 aliphatic rings. The molecule has 0 unspecified atom stereocenters. The van der Waals surface area contributed by atoms with Gasteiger partial charge in [0.15, 0.2) is 0 Å². The van der Waals surface area contributed by atoms with Crippen LogP contribution in [0.15, 0.2) is 10.1 Å². The summed E-state index contributed by atoms with van der Waals surface area (Å²) < 4.78 is 4.13. The van der Waals surface area contributed by atoms with Crippen molar-refractivity contribution >= 4 is 43.0 Å². The Hall–Kier alpha value is 1.000. The Kier molecular flexibility index (Phi) is 11.2. The van der Waals surface area contributed by atoms with Gasteiger partial charge in [0.25, 0.3) is 0 Å². The summed E-state index contributed by atoms with van der Waals surface area (Å²) in [7, 11) is 0. The third-order valence-corrected chi connectivity index (χ3v) is 8.01. The maximum atomic E-state index is 2.56. The van der Waals surface area contributed by atoms with Gasteiger partial charge in [0, 0.05) is 0 Å². The van der Waals surface area contributed by atoms with Gasteiger partial charge in [-0.2, -0.15) is 0 Å². The quantitative estimate of drug-likeness (QED) is 0.216. The van der Waals surface area contributed by atoms with Crippen LogP contribution in [0.25, 0.3) is 0 Å². The molecule has 18 heavy (non-hydrogen) atoms. The molecule has 0 nitrogen and oxygen atoms in total. The van der Waals surface area contributed by atoms with E-state index in [1.807, 2.05) is 0 Å². The van der Waals surface area contributed by atoms with E-state index in [-0.39, 0.29) is 20.4 Å². The molecule has 0 spiro atoms. The molecule has 2 heteroatoms. The maximum absolute atomic E-state index is 2.56. The molecule has 0 radical (unpaired) electrons. The summed E-state index contributed by atoms with van der Waals surface area (Å²) >= 11 is 2.68. The third-order valence-electron chi connectivity index (χ3n) is 3.49. The average Bonchev–Trinajstić information content (AvgIpc) is 2.77. The van der Waals surface area contributed by atoms with Crippen LogP contribution in [0.1, 0.15) is 76.7 Å². The van der Waals surface area contributed by atoms with Crippen LogP contribution in [-0.4, -0.2) is 20.4 Å². The molecule has 1 aromatic rings. The molecule has 0 saturated carbocycles. The van der Waals surface area contributed by atoms with Crippen LogP contribution >= 0.6 is 22.6 Å². The minimum absolute atomic E-state index is 0.121. The van der Waals surface area contributed by atoms with Crippen LogP contribution in [0.5, 0.6) is 0 Å². The zero-order valence-electron chi connectivity index (χ0n) is 11.7. The first-order valence-corrected chi connectivity index (χ1v) is 11.2. The molecule has 1 rings (SSSR count). The Morgan fingerprint density at radius 1 is 0.889 bits per heavy atom. The molecule has 0 N–H and O–H groups in total. The van der Waals surface area contributed by atoms with Crippen molar-refractivity contribution in [2.75, 3.05) is 0 Å². The van der Waals surface area contributed by atoms with Crippen molar-refractivity contribution in [3.05, 3.63) is 17.3 Å². The second kappa shape index (κ2) is 11.8.